The molecule has 0 spiro atoms. The molecular formula is C14H31BO. The number of aliphatic hydroxyl groups excluding tert-OH is 1. The Balaban J connectivity index is 2.88. The first-order valence-electron chi connectivity index (χ1n) is 7.45. The molecule has 1 nitrogen and oxygen atoms in total. The van der Waals surface area contributed by atoms with Gasteiger partial charge in [-0.25, -0.2) is 0 Å². The molecular weight excluding hydrogens is 195 g/mol. The predicted octanol–water partition coefficient (Wildman–Crippen LogP) is 3.64. The maximum Gasteiger partial charge on any atom is 0.138 e. The van der Waals surface area contributed by atoms with Crippen LogP contribution < -0.4 is 0 Å². The van der Waals surface area contributed by atoms with Crippen LogP contribution in [0.1, 0.15) is 84.0 Å². The van der Waals surface area contributed by atoms with E-state index in [1.165, 1.54) is 70.6 Å². The molecule has 0 aliphatic rings. The van der Waals surface area contributed by atoms with Gasteiger partial charge in [-0.1, -0.05) is 77.6 Å². The highest BCUT2D eigenvalue weighted by Crippen LogP contribution is 2.12. The Hall–Kier alpha value is 0.0249. The van der Waals surface area contributed by atoms with Gasteiger partial charge in [-0.05, 0) is 6.42 Å². The van der Waals surface area contributed by atoms with Crippen molar-refractivity contribution in [3.8, 4) is 0 Å². The van der Waals surface area contributed by atoms with Crippen molar-refractivity contribution < 1.29 is 5.11 Å². The van der Waals surface area contributed by atoms with E-state index in [-0.39, 0.29) is 6.00 Å². The largest absolute Gasteiger partial charge is 0.402 e. The van der Waals surface area contributed by atoms with E-state index in [9.17, 15) is 0 Å². The molecule has 0 saturated carbocycles. The van der Waals surface area contributed by atoms with E-state index in [0.29, 0.717) is 0 Å². The average molecular weight is 226 g/mol. The first-order valence-corrected chi connectivity index (χ1v) is 7.45. The predicted molar refractivity (Wildman–Crippen MR) is 75.6 cm³/mol. The Bertz CT molecular complexity index is 126. The molecule has 0 aromatic rings. The SMILES string of the molecule is BC(O)CCCCCCCCCCCCC. The lowest BCUT2D eigenvalue weighted by molar-refractivity contribution is 0.239. The average Bonchev–Trinajstić information content (AvgIpc) is 2.25. The smallest absolute Gasteiger partial charge is 0.138 e. The molecule has 1 N–H and O–H groups in total. The maximum absolute atomic E-state index is 9.10. The minimum atomic E-state index is -0.0986. The Kier molecular flexibility index (Phi) is 13.1. The molecule has 2 heteroatoms. The zero-order valence-corrected chi connectivity index (χ0v) is 11.5. The van der Waals surface area contributed by atoms with Crippen LogP contribution >= 0.6 is 0 Å². The van der Waals surface area contributed by atoms with E-state index < -0.39 is 0 Å². The molecule has 1 atom stereocenters. The Morgan fingerprint density at radius 1 is 0.750 bits per heavy atom. The van der Waals surface area contributed by atoms with Crippen molar-refractivity contribution in [2.75, 3.05) is 0 Å². The molecule has 0 aliphatic heterocycles. The molecule has 1 unspecified atom stereocenters. The second kappa shape index (κ2) is 13.1. The first kappa shape index (κ1) is 16.0. The minimum Gasteiger partial charge on any atom is -0.402 e. The molecule has 0 saturated heterocycles. The van der Waals surface area contributed by atoms with Crippen LogP contribution in [0.5, 0.6) is 0 Å². The van der Waals surface area contributed by atoms with Crippen molar-refractivity contribution in [2.24, 2.45) is 0 Å². The number of hydrogen-bond acceptors (Lipinski definition) is 1. The fraction of sp³-hybridized carbons (Fsp3) is 1.00. The molecule has 0 aliphatic carbocycles. The summed E-state index contributed by atoms with van der Waals surface area (Å²) < 4.78 is 0. The fourth-order valence-electron chi connectivity index (χ4n) is 2.10. The summed E-state index contributed by atoms with van der Waals surface area (Å²) in [5, 5.41) is 9.10. The molecule has 0 aromatic carbocycles. The van der Waals surface area contributed by atoms with Gasteiger partial charge in [0.15, 0.2) is 0 Å². The molecule has 0 fully saturated rings. The van der Waals surface area contributed by atoms with Gasteiger partial charge in [0, 0.05) is 6.00 Å². The van der Waals surface area contributed by atoms with Gasteiger partial charge in [-0.15, -0.1) is 0 Å². The van der Waals surface area contributed by atoms with Crippen molar-refractivity contribution in [3.63, 3.8) is 0 Å². The first-order chi connectivity index (χ1) is 7.77. The molecule has 0 radical (unpaired) electrons. The normalized spacial score (nSPS) is 12.9. The highest BCUT2D eigenvalue weighted by molar-refractivity contribution is 6.10. The van der Waals surface area contributed by atoms with E-state index >= 15 is 0 Å². The van der Waals surface area contributed by atoms with Crippen molar-refractivity contribution >= 4 is 7.85 Å². The third kappa shape index (κ3) is 14.0. The number of hydrogen-bond donors (Lipinski definition) is 1. The third-order valence-corrected chi connectivity index (χ3v) is 3.23. The Morgan fingerprint density at radius 3 is 1.50 bits per heavy atom. The monoisotopic (exact) mass is 226 g/mol. The van der Waals surface area contributed by atoms with Crippen molar-refractivity contribution in [2.45, 2.75) is 90.0 Å². The molecule has 0 rings (SSSR count). The van der Waals surface area contributed by atoms with Gasteiger partial charge in [-0.2, -0.15) is 0 Å². The van der Waals surface area contributed by atoms with E-state index in [0.717, 1.165) is 6.42 Å². The molecule has 0 heterocycles. The lowest BCUT2D eigenvalue weighted by Gasteiger charge is -2.04. The summed E-state index contributed by atoms with van der Waals surface area (Å²) in [7, 11) is 1.89. The lowest BCUT2D eigenvalue weighted by Crippen LogP contribution is -2.04. The number of aliphatic hydroxyl groups is 1. The van der Waals surface area contributed by atoms with Gasteiger partial charge in [0.2, 0.25) is 0 Å². The number of unbranched alkanes of at least 4 members (excludes halogenated alkanes) is 10. The van der Waals surface area contributed by atoms with Crippen LogP contribution in [-0.4, -0.2) is 19.0 Å². The van der Waals surface area contributed by atoms with E-state index in [1.54, 1.807) is 0 Å². The maximum atomic E-state index is 9.10. The van der Waals surface area contributed by atoms with Gasteiger partial charge in [0.05, 0.1) is 0 Å². The van der Waals surface area contributed by atoms with Crippen LogP contribution in [0.2, 0.25) is 0 Å². The second-order valence-electron chi connectivity index (χ2n) is 5.17. The topological polar surface area (TPSA) is 20.2 Å². The number of rotatable bonds is 12. The standard InChI is InChI=1S/C14H31BO/c1-2-3-4-5-6-7-8-9-10-11-12-13-14(15)16/h14,16H,2-13,15H2,1H3. The van der Waals surface area contributed by atoms with E-state index in [4.69, 9.17) is 5.11 Å². The van der Waals surface area contributed by atoms with E-state index in [2.05, 4.69) is 6.92 Å². The molecule has 96 valence electrons. The van der Waals surface area contributed by atoms with Gasteiger partial charge in [0.25, 0.3) is 0 Å². The summed E-state index contributed by atoms with van der Waals surface area (Å²) in [6.45, 7) is 2.27. The highest BCUT2D eigenvalue weighted by Gasteiger charge is 1.96. The zero-order chi connectivity index (χ0) is 12.1. The van der Waals surface area contributed by atoms with Crippen LogP contribution in [0, 0.1) is 0 Å². The Labute approximate surface area is 103 Å². The fourth-order valence-corrected chi connectivity index (χ4v) is 2.10. The Morgan fingerprint density at radius 2 is 1.12 bits per heavy atom. The molecule has 0 amide bonds. The summed E-state index contributed by atoms with van der Waals surface area (Å²) >= 11 is 0. The van der Waals surface area contributed by atoms with Crippen molar-refractivity contribution in [3.05, 3.63) is 0 Å². The van der Waals surface area contributed by atoms with Crippen LogP contribution in [0.3, 0.4) is 0 Å². The molecule has 16 heavy (non-hydrogen) atoms. The van der Waals surface area contributed by atoms with Gasteiger partial charge < -0.3 is 5.11 Å². The molecule has 0 bridgehead atoms. The van der Waals surface area contributed by atoms with Gasteiger partial charge in [-0.3, -0.25) is 0 Å². The summed E-state index contributed by atoms with van der Waals surface area (Å²) in [5.41, 5.74) is 0. The van der Waals surface area contributed by atoms with Gasteiger partial charge >= 0.3 is 0 Å². The van der Waals surface area contributed by atoms with Gasteiger partial charge in [0.1, 0.15) is 7.85 Å². The summed E-state index contributed by atoms with van der Waals surface area (Å²) in [4.78, 5) is 0. The summed E-state index contributed by atoms with van der Waals surface area (Å²) in [6, 6.07) is -0.0986. The third-order valence-electron chi connectivity index (χ3n) is 3.23. The second-order valence-corrected chi connectivity index (χ2v) is 5.17. The zero-order valence-electron chi connectivity index (χ0n) is 11.5. The quantitative estimate of drug-likeness (QED) is 0.398. The summed E-state index contributed by atoms with van der Waals surface area (Å²) in [6.07, 6.45) is 16.2. The summed E-state index contributed by atoms with van der Waals surface area (Å²) in [5.74, 6) is 0. The van der Waals surface area contributed by atoms with Crippen LogP contribution in [0.25, 0.3) is 0 Å². The minimum absolute atomic E-state index is 0.0986. The lowest BCUT2D eigenvalue weighted by atomic mass is 9.94. The van der Waals surface area contributed by atoms with E-state index in [1.807, 2.05) is 7.85 Å². The van der Waals surface area contributed by atoms with Crippen LogP contribution in [0.15, 0.2) is 0 Å². The van der Waals surface area contributed by atoms with Crippen LogP contribution in [0.4, 0.5) is 0 Å². The van der Waals surface area contributed by atoms with Crippen molar-refractivity contribution in [1.29, 1.82) is 0 Å². The highest BCUT2D eigenvalue weighted by atomic mass is 16.3. The van der Waals surface area contributed by atoms with Crippen LogP contribution in [-0.2, 0) is 0 Å². The van der Waals surface area contributed by atoms with Crippen molar-refractivity contribution in [1.82, 2.24) is 0 Å². The molecule has 0 aromatic heterocycles.